The molecule has 1 fully saturated rings. The van der Waals surface area contributed by atoms with Gasteiger partial charge in [0.2, 0.25) is 0 Å². The summed E-state index contributed by atoms with van der Waals surface area (Å²) in [6.07, 6.45) is 3.20. The number of aliphatic hydroxyl groups is 1. The van der Waals surface area contributed by atoms with Crippen molar-refractivity contribution in [3.05, 3.63) is 23.8 Å². The summed E-state index contributed by atoms with van der Waals surface area (Å²) in [4.78, 5) is 2.19. The van der Waals surface area contributed by atoms with Crippen molar-refractivity contribution in [2.45, 2.75) is 45.2 Å². The molecular weight excluding hydrogens is 252 g/mol. The van der Waals surface area contributed by atoms with Gasteiger partial charge in [-0.3, -0.25) is 0 Å². The molecule has 0 aromatic heterocycles. The number of aliphatic hydroxyl groups excluding tert-OH is 1. The largest absolute Gasteiger partial charge is 0.508 e. The number of phenolic OH excluding ortho intramolecular Hbond substituents is 1. The Hall–Kier alpha value is -1.26. The maximum atomic E-state index is 10.3. The van der Waals surface area contributed by atoms with Gasteiger partial charge in [0.1, 0.15) is 5.75 Å². The van der Waals surface area contributed by atoms with Gasteiger partial charge in [0.15, 0.2) is 0 Å². The minimum absolute atomic E-state index is 0.149. The summed E-state index contributed by atoms with van der Waals surface area (Å²) in [7, 11) is 0. The fourth-order valence-corrected chi connectivity index (χ4v) is 2.91. The zero-order valence-electron chi connectivity index (χ0n) is 12.5. The van der Waals surface area contributed by atoms with Gasteiger partial charge in [-0.1, -0.05) is 13.0 Å². The number of anilines is 1. The highest BCUT2D eigenvalue weighted by Gasteiger charge is 2.24. The maximum Gasteiger partial charge on any atom is 0.122 e. The highest BCUT2D eigenvalue weighted by molar-refractivity contribution is 5.55. The van der Waals surface area contributed by atoms with Gasteiger partial charge < -0.3 is 20.4 Å². The topological polar surface area (TPSA) is 55.7 Å². The summed E-state index contributed by atoms with van der Waals surface area (Å²) in [5.74, 6) is 0.335. The molecule has 4 nitrogen and oxygen atoms in total. The molecule has 2 atom stereocenters. The first kappa shape index (κ1) is 15.1. The molecule has 1 aliphatic rings. The van der Waals surface area contributed by atoms with Crippen molar-refractivity contribution in [1.29, 1.82) is 0 Å². The average molecular weight is 278 g/mol. The van der Waals surface area contributed by atoms with Crippen molar-refractivity contribution >= 4 is 5.69 Å². The van der Waals surface area contributed by atoms with Crippen LogP contribution in [0, 0.1) is 0 Å². The van der Waals surface area contributed by atoms with E-state index in [1.165, 1.54) is 0 Å². The molecule has 0 bridgehead atoms. The van der Waals surface area contributed by atoms with E-state index in [1.807, 2.05) is 18.2 Å². The third-order valence-electron chi connectivity index (χ3n) is 4.10. The van der Waals surface area contributed by atoms with Crippen LogP contribution in [-0.4, -0.2) is 36.0 Å². The Kier molecular flexibility index (Phi) is 5.26. The van der Waals surface area contributed by atoms with Crippen LogP contribution in [0.15, 0.2) is 18.2 Å². The monoisotopic (exact) mass is 278 g/mol. The average Bonchev–Trinajstić information content (AvgIpc) is 2.93. The quantitative estimate of drug-likeness (QED) is 0.748. The number of rotatable bonds is 6. The second kappa shape index (κ2) is 6.95. The van der Waals surface area contributed by atoms with Gasteiger partial charge in [0.05, 0.1) is 12.6 Å². The maximum absolute atomic E-state index is 10.3. The number of phenols is 1. The molecule has 0 spiro atoms. The van der Waals surface area contributed by atoms with E-state index in [9.17, 15) is 10.2 Å². The van der Waals surface area contributed by atoms with Crippen molar-refractivity contribution in [3.8, 4) is 5.75 Å². The third-order valence-corrected chi connectivity index (χ3v) is 4.10. The Labute approximate surface area is 121 Å². The zero-order chi connectivity index (χ0) is 14.5. The van der Waals surface area contributed by atoms with E-state index in [2.05, 4.69) is 24.1 Å². The molecule has 3 N–H and O–H groups in total. The van der Waals surface area contributed by atoms with Gasteiger partial charge in [-0.25, -0.2) is 0 Å². The lowest BCUT2D eigenvalue weighted by Crippen LogP contribution is -2.32. The minimum Gasteiger partial charge on any atom is -0.508 e. The summed E-state index contributed by atoms with van der Waals surface area (Å²) in [6, 6.07) is 6.21. The normalized spacial score (nSPS) is 20.4. The second-order valence-electron chi connectivity index (χ2n) is 5.59. The van der Waals surface area contributed by atoms with E-state index in [4.69, 9.17) is 0 Å². The number of nitrogens with one attached hydrogen (secondary N) is 1. The Balaban J connectivity index is 2.13. The lowest BCUT2D eigenvalue weighted by molar-refractivity contribution is 0.266. The fourth-order valence-electron chi connectivity index (χ4n) is 2.91. The van der Waals surface area contributed by atoms with Crippen molar-refractivity contribution in [3.63, 3.8) is 0 Å². The number of hydrogen-bond acceptors (Lipinski definition) is 4. The van der Waals surface area contributed by atoms with Crippen LogP contribution in [0.25, 0.3) is 0 Å². The molecule has 1 saturated heterocycles. The molecule has 112 valence electrons. The third kappa shape index (κ3) is 3.25. The molecular formula is C16H26N2O2. The van der Waals surface area contributed by atoms with E-state index >= 15 is 0 Å². The van der Waals surface area contributed by atoms with Crippen LogP contribution in [0.3, 0.4) is 0 Å². The van der Waals surface area contributed by atoms with Crippen LogP contribution in [0.5, 0.6) is 5.75 Å². The number of benzene rings is 1. The predicted octanol–water partition coefficient (Wildman–Crippen LogP) is 2.41. The minimum atomic E-state index is 0.149. The Morgan fingerprint density at radius 3 is 2.90 bits per heavy atom. The summed E-state index contributed by atoms with van der Waals surface area (Å²) in [5.41, 5.74) is 1.94. The molecule has 1 aromatic carbocycles. The number of aromatic hydroxyl groups is 1. The molecule has 1 heterocycles. The molecule has 0 amide bonds. The Morgan fingerprint density at radius 1 is 1.45 bits per heavy atom. The molecule has 0 saturated carbocycles. The first-order chi connectivity index (χ1) is 9.67. The second-order valence-corrected chi connectivity index (χ2v) is 5.59. The summed E-state index contributed by atoms with van der Waals surface area (Å²) in [5, 5.41) is 23.0. The highest BCUT2D eigenvalue weighted by Crippen LogP contribution is 2.32. The van der Waals surface area contributed by atoms with Crippen LogP contribution in [0.1, 0.15) is 44.7 Å². The fraction of sp³-hybridized carbons (Fsp3) is 0.625. The van der Waals surface area contributed by atoms with E-state index in [-0.39, 0.29) is 18.7 Å². The summed E-state index contributed by atoms with van der Waals surface area (Å²) >= 11 is 0. The summed E-state index contributed by atoms with van der Waals surface area (Å²) in [6.45, 7) is 6.27. The van der Waals surface area contributed by atoms with Crippen LogP contribution >= 0.6 is 0 Å². The number of hydrogen-bond donors (Lipinski definition) is 3. The van der Waals surface area contributed by atoms with Gasteiger partial charge in [-0.2, -0.15) is 0 Å². The van der Waals surface area contributed by atoms with E-state index in [0.29, 0.717) is 5.75 Å². The molecule has 0 aliphatic carbocycles. The molecule has 2 unspecified atom stereocenters. The summed E-state index contributed by atoms with van der Waals surface area (Å²) < 4.78 is 0. The van der Waals surface area contributed by atoms with Gasteiger partial charge in [0, 0.05) is 29.9 Å². The lowest BCUT2D eigenvalue weighted by Gasteiger charge is -2.26. The van der Waals surface area contributed by atoms with E-state index in [1.54, 1.807) is 0 Å². The van der Waals surface area contributed by atoms with Gasteiger partial charge >= 0.3 is 0 Å². The first-order valence-electron chi connectivity index (χ1n) is 7.61. The van der Waals surface area contributed by atoms with Gasteiger partial charge in [-0.15, -0.1) is 0 Å². The van der Waals surface area contributed by atoms with Crippen molar-refractivity contribution < 1.29 is 10.2 Å². The standard InChI is InChI=1S/C16H26N2O2/c1-3-8-17-12(2)15-7-6-13(10-16(15)20)18-9-4-5-14(18)11-19/h6-7,10,12,14,17,19-20H,3-5,8-9,11H2,1-2H3. The smallest absolute Gasteiger partial charge is 0.122 e. The molecule has 4 heteroatoms. The zero-order valence-corrected chi connectivity index (χ0v) is 12.5. The molecule has 1 aliphatic heterocycles. The lowest BCUT2D eigenvalue weighted by atomic mass is 10.1. The number of nitrogens with zero attached hydrogens (tertiary/aromatic N) is 1. The van der Waals surface area contributed by atoms with Gasteiger partial charge in [-0.05, 0) is 38.8 Å². The van der Waals surface area contributed by atoms with Crippen LogP contribution < -0.4 is 10.2 Å². The van der Waals surface area contributed by atoms with Crippen LogP contribution in [0.2, 0.25) is 0 Å². The highest BCUT2D eigenvalue weighted by atomic mass is 16.3. The van der Waals surface area contributed by atoms with Crippen LogP contribution in [0.4, 0.5) is 5.69 Å². The first-order valence-corrected chi connectivity index (χ1v) is 7.61. The van der Waals surface area contributed by atoms with Crippen molar-refractivity contribution in [1.82, 2.24) is 5.32 Å². The molecule has 20 heavy (non-hydrogen) atoms. The van der Waals surface area contributed by atoms with Crippen LogP contribution in [-0.2, 0) is 0 Å². The molecule has 1 aromatic rings. The van der Waals surface area contributed by atoms with E-state index < -0.39 is 0 Å². The molecule has 2 rings (SSSR count). The SMILES string of the molecule is CCCNC(C)c1ccc(N2CCCC2CO)cc1O. The van der Waals surface area contributed by atoms with Crippen molar-refractivity contribution in [2.75, 3.05) is 24.6 Å². The van der Waals surface area contributed by atoms with Gasteiger partial charge in [0.25, 0.3) is 0 Å². The Morgan fingerprint density at radius 2 is 2.25 bits per heavy atom. The predicted molar refractivity (Wildman–Crippen MR) is 82.3 cm³/mol. The van der Waals surface area contributed by atoms with E-state index in [0.717, 1.165) is 43.6 Å². The Bertz CT molecular complexity index is 436. The molecule has 0 radical (unpaired) electrons. The van der Waals surface area contributed by atoms with Crippen molar-refractivity contribution in [2.24, 2.45) is 0 Å².